The molecule has 13 heavy (non-hydrogen) atoms. The largest absolute Gasteiger partial charge is 1.00 e. The molecule has 6 heteroatoms. The first kappa shape index (κ1) is 12.9. The van der Waals surface area contributed by atoms with Gasteiger partial charge in [-0.25, -0.2) is 8.42 Å². The third kappa shape index (κ3) is 5.28. The normalized spacial score (nSPS) is 10.5. The summed E-state index contributed by atoms with van der Waals surface area (Å²) in [5, 5.41) is 0. The molecule has 2 N–H and O–H groups in total. The summed E-state index contributed by atoms with van der Waals surface area (Å²) in [5.74, 6) is -0.502. The molecule has 0 unspecified atom stereocenters. The van der Waals surface area contributed by atoms with Crippen LogP contribution in [0, 0.1) is 0 Å². The Balaban J connectivity index is 0.00000144. The van der Waals surface area contributed by atoms with Gasteiger partial charge >= 0.3 is 29.6 Å². The van der Waals surface area contributed by atoms with Crippen molar-refractivity contribution in [3.8, 4) is 0 Å². The Hall–Kier alpha value is -0.0700. The molecule has 1 aromatic carbocycles. The average Bonchev–Trinajstić information content (AvgIpc) is 1.82. The minimum Gasteiger partial charge on any atom is -0.748 e. The van der Waals surface area contributed by atoms with Crippen LogP contribution in [0.1, 0.15) is 5.56 Å². The van der Waals surface area contributed by atoms with Crippen LogP contribution in [-0.2, 0) is 15.9 Å². The van der Waals surface area contributed by atoms with E-state index in [1.165, 1.54) is 6.07 Å². The molecule has 4 nitrogen and oxygen atoms in total. The van der Waals surface area contributed by atoms with Crippen LogP contribution < -0.4 is 35.3 Å². The first-order valence-electron chi connectivity index (χ1n) is 3.25. The molecule has 1 rings (SSSR count). The monoisotopic (exact) mass is 209 g/mol. The predicted octanol–water partition coefficient (Wildman–Crippen LogP) is -2.68. The predicted molar refractivity (Wildman–Crippen MR) is 44.3 cm³/mol. The fourth-order valence-corrected chi connectivity index (χ4v) is 1.47. The number of anilines is 1. The van der Waals surface area contributed by atoms with E-state index in [2.05, 4.69) is 0 Å². The van der Waals surface area contributed by atoms with Crippen molar-refractivity contribution in [1.29, 1.82) is 0 Å². The zero-order valence-electron chi connectivity index (χ0n) is 7.23. The molecule has 0 aliphatic carbocycles. The summed E-state index contributed by atoms with van der Waals surface area (Å²) in [6, 6.07) is 6.25. The molecule has 0 saturated heterocycles. The van der Waals surface area contributed by atoms with E-state index in [9.17, 15) is 13.0 Å². The van der Waals surface area contributed by atoms with Crippen molar-refractivity contribution < 1.29 is 42.5 Å². The second kappa shape index (κ2) is 4.97. The van der Waals surface area contributed by atoms with E-state index in [4.69, 9.17) is 5.73 Å². The number of nitrogens with two attached hydrogens (primary N) is 1. The van der Waals surface area contributed by atoms with Crippen LogP contribution in [0.15, 0.2) is 24.3 Å². The van der Waals surface area contributed by atoms with Crippen LogP contribution in [0.5, 0.6) is 0 Å². The first-order chi connectivity index (χ1) is 5.47. The van der Waals surface area contributed by atoms with E-state index in [0.717, 1.165) is 0 Å². The SMILES string of the molecule is Nc1cccc(CS(=O)(=O)[O-])c1.[Na+]. The van der Waals surface area contributed by atoms with Gasteiger partial charge in [-0.2, -0.15) is 0 Å². The maximum atomic E-state index is 10.3. The van der Waals surface area contributed by atoms with Crippen molar-refractivity contribution in [1.82, 2.24) is 0 Å². The zero-order chi connectivity index (χ0) is 9.19. The van der Waals surface area contributed by atoms with Gasteiger partial charge in [-0.1, -0.05) is 12.1 Å². The molecule has 66 valence electrons. The zero-order valence-corrected chi connectivity index (χ0v) is 10.0. The summed E-state index contributed by atoms with van der Waals surface area (Å²) in [6.45, 7) is 0. The Morgan fingerprint density at radius 1 is 1.38 bits per heavy atom. The van der Waals surface area contributed by atoms with Crippen molar-refractivity contribution >= 4 is 15.8 Å². The molecular weight excluding hydrogens is 201 g/mol. The van der Waals surface area contributed by atoms with Crippen molar-refractivity contribution in [2.45, 2.75) is 5.75 Å². The van der Waals surface area contributed by atoms with Gasteiger partial charge in [0.15, 0.2) is 0 Å². The molecule has 0 saturated carbocycles. The molecule has 0 amide bonds. The van der Waals surface area contributed by atoms with Gasteiger partial charge in [0.2, 0.25) is 0 Å². The summed E-state index contributed by atoms with van der Waals surface area (Å²) in [7, 11) is -4.20. The van der Waals surface area contributed by atoms with E-state index < -0.39 is 15.9 Å². The van der Waals surface area contributed by atoms with Gasteiger partial charge in [-0.15, -0.1) is 0 Å². The Kier molecular flexibility index (Phi) is 4.95. The fraction of sp³-hybridized carbons (Fsp3) is 0.143. The van der Waals surface area contributed by atoms with Gasteiger partial charge in [0, 0.05) is 5.69 Å². The molecule has 0 bridgehead atoms. The van der Waals surface area contributed by atoms with Crippen molar-refractivity contribution in [2.24, 2.45) is 0 Å². The molecule has 0 spiro atoms. The van der Waals surface area contributed by atoms with Gasteiger partial charge in [0.1, 0.15) is 0 Å². The smallest absolute Gasteiger partial charge is 0.748 e. The second-order valence-electron chi connectivity index (χ2n) is 2.45. The molecule has 0 atom stereocenters. The summed E-state index contributed by atoms with van der Waals surface area (Å²) in [5.41, 5.74) is 6.26. The fourth-order valence-electron chi connectivity index (χ4n) is 0.887. The molecule has 1 aromatic rings. The van der Waals surface area contributed by atoms with Crippen molar-refractivity contribution in [3.63, 3.8) is 0 Å². The molecule has 0 aromatic heterocycles. The summed E-state index contributed by atoms with van der Waals surface area (Å²) in [6.07, 6.45) is 0. The standard InChI is InChI=1S/C7H9NO3S.Na/c8-7-3-1-2-6(4-7)5-12(9,10)11;/h1-4H,5,8H2,(H,9,10,11);/q;+1/p-1. The van der Waals surface area contributed by atoms with Crippen LogP contribution in [0.3, 0.4) is 0 Å². The minimum absolute atomic E-state index is 0. The molecule has 0 aliphatic rings. The van der Waals surface area contributed by atoms with Crippen molar-refractivity contribution in [3.05, 3.63) is 29.8 Å². The third-order valence-electron chi connectivity index (χ3n) is 1.29. The van der Waals surface area contributed by atoms with Gasteiger partial charge < -0.3 is 10.3 Å². The number of hydrogen-bond donors (Lipinski definition) is 1. The number of benzene rings is 1. The van der Waals surface area contributed by atoms with E-state index in [1.807, 2.05) is 0 Å². The van der Waals surface area contributed by atoms with E-state index in [-0.39, 0.29) is 29.6 Å². The van der Waals surface area contributed by atoms with Gasteiger partial charge in [0.05, 0.1) is 15.9 Å². The molecular formula is C7H8NNaO3S. The average molecular weight is 209 g/mol. The summed E-state index contributed by atoms with van der Waals surface area (Å²) >= 11 is 0. The Morgan fingerprint density at radius 3 is 2.46 bits per heavy atom. The van der Waals surface area contributed by atoms with Gasteiger partial charge in [0.25, 0.3) is 0 Å². The van der Waals surface area contributed by atoms with E-state index >= 15 is 0 Å². The Bertz CT molecular complexity index is 377. The minimum atomic E-state index is -4.20. The maximum Gasteiger partial charge on any atom is 1.00 e. The topological polar surface area (TPSA) is 83.2 Å². The number of hydrogen-bond acceptors (Lipinski definition) is 4. The number of nitrogen functional groups attached to an aromatic ring is 1. The summed E-state index contributed by atoms with van der Waals surface area (Å²) in [4.78, 5) is 0. The van der Waals surface area contributed by atoms with E-state index in [0.29, 0.717) is 11.3 Å². The molecule has 0 fully saturated rings. The maximum absolute atomic E-state index is 10.3. The third-order valence-corrected chi connectivity index (χ3v) is 1.98. The summed E-state index contributed by atoms with van der Waals surface area (Å²) < 4.78 is 30.9. The van der Waals surface area contributed by atoms with Crippen molar-refractivity contribution in [2.75, 3.05) is 5.73 Å². The quantitative estimate of drug-likeness (QED) is 0.327. The number of rotatable bonds is 2. The van der Waals surface area contributed by atoms with Crippen LogP contribution in [0.2, 0.25) is 0 Å². The van der Waals surface area contributed by atoms with Gasteiger partial charge in [-0.05, 0) is 17.7 Å². The Labute approximate surface area is 99.2 Å². The second-order valence-corrected chi connectivity index (χ2v) is 3.85. The molecule has 0 radical (unpaired) electrons. The van der Waals surface area contributed by atoms with Crippen LogP contribution in [-0.4, -0.2) is 13.0 Å². The van der Waals surface area contributed by atoms with E-state index in [1.54, 1.807) is 18.2 Å². The Morgan fingerprint density at radius 2 is 2.00 bits per heavy atom. The first-order valence-corrected chi connectivity index (χ1v) is 4.83. The van der Waals surface area contributed by atoms with Crippen LogP contribution >= 0.6 is 0 Å². The van der Waals surface area contributed by atoms with Crippen LogP contribution in [0.25, 0.3) is 0 Å². The molecule has 0 aliphatic heterocycles. The van der Waals surface area contributed by atoms with Crippen LogP contribution in [0.4, 0.5) is 5.69 Å². The molecule has 0 heterocycles. The van der Waals surface area contributed by atoms with Gasteiger partial charge in [-0.3, -0.25) is 0 Å².